The van der Waals surface area contributed by atoms with Crippen molar-refractivity contribution in [2.75, 3.05) is 8.61 Å². The van der Waals surface area contributed by atoms with Crippen LogP contribution in [0.5, 0.6) is 0 Å². The molecule has 2 N–H and O–H groups in total. The van der Waals surface area contributed by atoms with E-state index in [1.54, 1.807) is 18.2 Å². The van der Waals surface area contributed by atoms with Gasteiger partial charge in [0.2, 0.25) is 10.2 Å². The molecule has 0 aliphatic heterocycles. The van der Waals surface area contributed by atoms with Gasteiger partial charge in [-0.25, -0.2) is 35.7 Å². The van der Waals surface area contributed by atoms with Crippen LogP contribution in [-0.4, -0.2) is 58.9 Å². The average Bonchev–Trinajstić information content (AvgIpc) is 3.48. The van der Waals surface area contributed by atoms with Gasteiger partial charge in [0, 0.05) is 24.3 Å². The number of hydrogen-bond acceptors (Lipinski definition) is 13. The summed E-state index contributed by atoms with van der Waals surface area (Å²) in [7, 11) is -10.1. The number of anilines is 2. The molecule has 0 unspecified atom stereocenters. The first kappa shape index (κ1) is 34.4. The Kier molecular flexibility index (Phi) is 9.10. The number of aromatic carboxylic acids is 2. The second-order valence-corrected chi connectivity index (χ2v) is 14.6. The molecule has 0 fully saturated rings. The van der Waals surface area contributed by atoms with E-state index >= 15 is 0 Å². The van der Waals surface area contributed by atoms with E-state index in [1.807, 2.05) is 0 Å². The van der Waals surface area contributed by atoms with Crippen LogP contribution in [0.15, 0.2) is 101 Å². The Morgan fingerprint density at radius 1 is 0.714 bits per heavy atom. The number of thiazole rings is 1. The first-order chi connectivity index (χ1) is 23.0. The van der Waals surface area contributed by atoms with Crippen molar-refractivity contribution in [2.45, 2.75) is 9.79 Å². The summed E-state index contributed by atoms with van der Waals surface area (Å²) in [6, 6.07) is 15.6. The molecule has 0 bridgehead atoms. The first-order valence-electron chi connectivity index (χ1n) is 13.1. The molecule has 1 aromatic heterocycles. The van der Waals surface area contributed by atoms with E-state index in [9.17, 15) is 56.9 Å². The van der Waals surface area contributed by atoms with Gasteiger partial charge in [-0.15, -0.1) is 0 Å². The van der Waals surface area contributed by atoms with Crippen LogP contribution in [0.3, 0.4) is 0 Å². The molecular weight excluding hydrogens is 727 g/mol. The van der Waals surface area contributed by atoms with Gasteiger partial charge in [-0.2, -0.15) is 4.31 Å². The summed E-state index contributed by atoms with van der Waals surface area (Å²) >= 11 is 6.34. The molecule has 0 atom stereocenters. The van der Waals surface area contributed by atoms with Gasteiger partial charge in [0.15, 0.2) is 0 Å². The molecule has 0 aliphatic carbocycles. The predicted octanol–water partition coefficient (Wildman–Crippen LogP) is 4.88. The second kappa shape index (κ2) is 13.0. The fourth-order valence-corrected chi connectivity index (χ4v) is 9.15. The third-order valence-corrected chi connectivity index (χ3v) is 11.8. The summed E-state index contributed by atoms with van der Waals surface area (Å²) in [6.07, 6.45) is 0. The Balaban J connectivity index is 1.80. The fourth-order valence-electron chi connectivity index (χ4n) is 4.38. The van der Waals surface area contributed by atoms with E-state index < -0.39 is 90.1 Å². The number of fused-ring (bicyclic) bond motifs is 1. The van der Waals surface area contributed by atoms with Crippen LogP contribution in [0.1, 0.15) is 20.7 Å². The molecule has 0 amide bonds. The summed E-state index contributed by atoms with van der Waals surface area (Å²) in [5.74, 6) is -3.45. The highest BCUT2D eigenvalue weighted by Gasteiger charge is 2.40. The lowest BCUT2D eigenvalue weighted by molar-refractivity contribution is -0.385. The van der Waals surface area contributed by atoms with Crippen molar-refractivity contribution in [3.05, 3.63) is 122 Å². The highest BCUT2D eigenvalue weighted by molar-refractivity contribution is 7.98. The maximum absolute atomic E-state index is 14.3. The monoisotopic (exact) mass is 743 g/mol. The van der Waals surface area contributed by atoms with E-state index in [0.29, 0.717) is 15.1 Å². The highest BCUT2D eigenvalue weighted by atomic mass is 32.2. The minimum Gasteiger partial charge on any atom is -0.478 e. The molecule has 5 rings (SSSR count). The van der Waals surface area contributed by atoms with Crippen LogP contribution < -0.4 is 8.61 Å². The Morgan fingerprint density at radius 3 is 1.67 bits per heavy atom. The largest absolute Gasteiger partial charge is 0.478 e. The highest BCUT2D eigenvalue weighted by Crippen LogP contribution is 2.37. The maximum Gasteiger partial charge on any atom is 0.336 e. The van der Waals surface area contributed by atoms with Gasteiger partial charge >= 0.3 is 11.9 Å². The quantitative estimate of drug-likeness (QED) is 0.110. The normalized spacial score (nSPS) is 11.5. The van der Waals surface area contributed by atoms with E-state index in [1.165, 1.54) is 6.07 Å². The van der Waals surface area contributed by atoms with E-state index in [0.717, 1.165) is 72.0 Å². The van der Waals surface area contributed by atoms with Gasteiger partial charge in [-0.3, -0.25) is 20.2 Å². The van der Waals surface area contributed by atoms with E-state index in [-0.39, 0.29) is 9.82 Å². The molecule has 250 valence electrons. The zero-order chi connectivity index (χ0) is 35.8. The number of non-ortho nitro benzene ring substituents is 2. The van der Waals surface area contributed by atoms with Crippen LogP contribution >= 0.6 is 23.6 Å². The average molecular weight is 744 g/mol. The number of carboxylic acids is 2. The number of nitro groups is 2. The number of rotatable bonds is 10. The molecule has 4 aromatic carbocycles. The van der Waals surface area contributed by atoms with Crippen LogP contribution in [0.25, 0.3) is 10.2 Å². The SMILES string of the molecule is O=C(O)c1ccc(N(C(=S)N(c2nc3ccccc3s2)S(=O)(=O)c2ccc([N+](=O)[O-])cc2)S(=O)(=O)c2ccc([N+](=O)[O-])cc2)cc1C(=O)O. The Hall–Kier alpha value is -5.90. The van der Waals surface area contributed by atoms with E-state index in [2.05, 4.69) is 4.98 Å². The number of aromatic nitrogens is 1. The number of nitrogens with zero attached hydrogens (tertiary/aromatic N) is 5. The number of para-hydroxylation sites is 1. The minimum absolute atomic E-state index is 0.247. The van der Waals surface area contributed by atoms with Crippen molar-refractivity contribution in [2.24, 2.45) is 0 Å². The molecule has 21 heteroatoms. The molecule has 0 aliphatic rings. The molecule has 17 nitrogen and oxygen atoms in total. The Bertz CT molecular complexity index is 2380. The van der Waals surface area contributed by atoms with Crippen molar-refractivity contribution in [1.29, 1.82) is 0 Å². The van der Waals surface area contributed by atoms with Gasteiger partial charge in [0.1, 0.15) is 0 Å². The van der Waals surface area contributed by atoms with Crippen molar-refractivity contribution >= 4 is 93.1 Å². The van der Waals surface area contributed by atoms with Crippen molar-refractivity contribution in [3.63, 3.8) is 0 Å². The standard InChI is InChI=1S/C28H17N5O12S4/c34-25(35)21-14-9-18(15-22(21)26(36)37)30(48(42,43)19-10-5-16(6-11-19)32(38)39)28(46)31(27-29-23-3-1-2-4-24(23)47-27)49(44,45)20-12-7-17(8-13-20)33(40)41/h1-15H,(H,34,35)(H,36,37). The molecule has 1 heterocycles. The number of hydrogen-bond donors (Lipinski definition) is 2. The number of carbonyl (C=O) groups is 2. The van der Waals surface area contributed by atoms with Gasteiger partial charge in [-0.1, -0.05) is 23.5 Å². The zero-order valence-corrected chi connectivity index (χ0v) is 27.3. The number of thiocarbonyl (C=S) groups is 1. The molecule has 0 saturated heterocycles. The smallest absolute Gasteiger partial charge is 0.336 e. The Morgan fingerprint density at radius 2 is 1.20 bits per heavy atom. The molecule has 5 aromatic rings. The maximum atomic E-state index is 14.3. The second-order valence-electron chi connectivity index (χ2n) is 9.63. The lowest BCUT2D eigenvalue weighted by Crippen LogP contribution is -2.49. The van der Waals surface area contributed by atoms with Gasteiger partial charge < -0.3 is 10.2 Å². The topological polar surface area (TPSA) is 249 Å². The summed E-state index contributed by atoms with van der Waals surface area (Å²) < 4.78 is 58.4. The van der Waals surface area contributed by atoms with Crippen molar-refractivity contribution in [3.8, 4) is 0 Å². The number of benzene rings is 4. The lowest BCUT2D eigenvalue weighted by atomic mass is 10.1. The third kappa shape index (κ3) is 6.49. The number of sulfonamides is 2. The van der Waals surface area contributed by atoms with Crippen LogP contribution in [0, 0.1) is 20.2 Å². The van der Waals surface area contributed by atoms with Crippen LogP contribution in [0.4, 0.5) is 22.2 Å². The number of carboxylic acid groups (broad SMARTS) is 2. The van der Waals surface area contributed by atoms with Crippen LogP contribution in [-0.2, 0) is 20.0 Å². The molecule has 0 saturated carbocycles. The fraction of sp³-hybridized carbons (Fsp3) is 0. The first-order valence-corrected chi connectivity index (χ1v) is 17.2. The summed E-state index contributed by atoms with van der Waals surface area (Å²) in [5.41, 5.74) is -2.94. The predicted molar refractivity (Wildman–Crippen MR) is 178 cm³/mol. The third-order valence-electron chi connectivity index (χ3n) is 6.67. The van der Waals surface area contributed by atoms with Crippen molar-refractivity contribution < 1.29 is 46.5 Å². The molecular formula is C28H17N5O12S4. The van der Waals surface area contributed by atoms with Gasteiger partial charge in [0.25, 0.3) is 31.4 Å². The van der Waals surface area contributed by atoms with Crippen molar-refractivity contribution in [1.82, 2.24) is 4.98 Å². The minimum atomic E-state index is -5.10. The van der Waals surface area contributed by atoms with E-state index in [4.69, 9.17) is 12.2 Å². The molecule has 0 spiro atoms. The number of nitro benzene ring substituents is 2. The Labute approximate surface area is 284 Å². The molecule has 0 radical (unpaired) electrons. The summed E-state index contributed by atoms with van der Waals surface area (Å²) in [4.78, 5) is 47.8. The van der Waals surface area contributed by atoms with Crippen LogP contribution in [0.2, 0.25) is 0 Å². The lowest BCUT2D eigenvalue weighted by Gasteiger charge is -2.31. The van der Waals surface area contributed by atoms with Gasteiger partial charge in [0.05, 0.1) is 46.7 Å². The summed E-state index contributed by atoms with van der Waals surface area (Å²) in [6.45, 7) is 0. The zero-order valence-electron chi connectivity index (χ0n) is 24.0. The van der Waals surface area contributed by atoms with Gasteiger partial charge in [-0.05, 0) is 66.8 Å². The molecule has 49 heavy (non-hydrogen) atoms. The summed E-state index contributed by atoms with van der Waals surface area (Å²) in [5, 5.41) is 40.4.